The fourth-order valence-corrected chi connectivity index (χ4v) is 5.09. The number of carboxylic acid groups (broad SMARTS) is 1. The summed E-state index contributed by atoms with van der Waals surface area (Å²) < 4.78 is 83.3. The van der Waals surface area contributed by atoms with Crippen molar-refractivity contribution in [1.29, 1.82) is 0 Å². The Morgan fingerprint density at radius 1 is 1.11 bits per heavy atom. The number of carbonyl (C=O) groups is 1. The highest BCUT2D eigenvalue weighted by Gasteiger charge is 2.35. The lowest BCUT2D eigenvalue weighted by Gasteiger charge is -2.31. The van der Waals surface area contributed by atoms with Crippen molar-refractivity contribution in [2.75, 3.05) is 22.7 Å². The molecular formula is C24H22F4N4O4S. The van der Waals surface area contributed by atoms with Gasteiger partial charge in [0, 0.05) is 18.7 Å². The highest BCUT2D eigenvalue weighted by atomic mass is 32.2. The van der Waals surface area contributed by atoms with E-state index in [2.05, 4.69) is 14.7 Å². The fraction of sp³-hybridized carbons (Fsp3) is 0.292. The summed E-state index contributed by atoms with van der Waals surface area (Å²) in [5.41, 5.74) is -1.98. The van der Waals surface area contributed by atoms with E-state index in [9.17, 15) is 35.9 Å². The Labute approximate surface area is 210 Å². The topological polar surface area (TPSA) is 112 Å². The van der Waals surface area contributed by atoms with Gasteiger partial charge in [0.1, 0.15) is 17.5 Å². The van der Waals surface area contributed by atoms with Gasteiger partial charge in [-0.05, 0) is 55.7 Å². The average Bonchev–Trinajstić information content (AvgIpc) is 2.85. The number of benzene rings is 1. The van der Waals surface area contributed by atoms with Crippen molar-refractivity contribution in [2.45, 2.75) is 31.0 Å². The Kier molecular flexibility index (Phi) is 7.09. The second-order valence-corrected chi connectivity index (χ2v) is 10.2. The van der Waals surface area contributed by atoms with Gasteiger partial charge in [-0.1, -0.05) is 18.2 Å². The molecule has 0 saturated carbocycles. The number of hydrogen-bond donors (Lipinski definition) is 2. The largest absolute Gasteiger partial charge is 0.481 e. The van der Waals surface area contributed by atoms with Crippen LogP contribution in [0, 0.1) is 18.7 Å². The number of halogens is 4. The first-order chi connectivity index (χ1) is 17.4. The molecule has 4 rings (SSSR count). The second kappa shape index (κ2) is 9.96. The van der Waals surface area contributed by atoms with E-state index in [-0.39, 0.29) is 23.5 Å². The number of nitrogens with zero attached hydrogens (tertiary/aromatic N) is 3. The monoisotopic (exact) mass is 538 g/mol. The van der Waals surface area contributed by atoms with Crippen LogP contribution < -0.4 is 9.62 Å². The van der Waals surface area contributed by atoms with Crippen molar-refractivity contribution in [2.24, 2.45) is 5.92 Å². The van der Waals surface area contributed by atoms with E-state index in [0.29, 0.717) is 25.5 Å². The van der Waals surface area contributed by atoms with Crippen LogP contribution in [0.1, 0.15) is 24.0 Å². The van der Waals surface area contributed by atoms with Crippen molar-refractivity contribution < 1.29 is 35.9 Å². The quantitative estimate of drug-likeness (QED) is 0.437. The zero-order chi connectivity index (χ0) is 27.0. The lowest BCUT2D eigenvalue weighted by Crippen LogP contribution is -2.39. The SMILES string of the molecule is Cc1c(F)cccc1-c1nc(NS(=O)(=O)c2cccc(N3CCC[C@@H](C(=O)O)C3)n2)ccc1C(F)(F)F. The fourth-order valence-electron chi connectivity index (χ4n) is 4.12. The number of alkyl halides is 3. The molecule has 13 heteroatoms. The molecule has 37 heavy (non-hydrogen) atoms. The van der Waals surface area contributed by atoms with Crippen LogP contribution in [0.25, 0.3) is 11.3 Å². The van der Waals surface area contributed by atoms with Gasteiger partial charge >= 0.3 is 12.1 Å². The number of anilines is 2. The molecule has 0 radical (unpaired) electrons. The van der Waals surface area contributed by atoms with Gasteiger partial charge in [-0.25, -0.2) is 14.4 Å². The molecule has 2 aromatic heterocycles. The number of piperidine rings is 1. The molecule has 1 fully saturated rings. The maximum absolute atomic E-state index is 14.1. The minimum atomic E-state index is -4.82. The third-order valence-electron chi connectivity index (χ3n) is 6.04. The van der Waals surface area contributed by atoms with Crippen molar-refractivity contribution >= 4 is 27.6 Å². The lowest BCUT2D eigenvalue weighted by molar-refractivity contribution is -0.142. The molecule has 0 aliphatic carbocycles. The van der Waals surface area contributed by atoms with Gasteiger partial charge in [0.15, 0.2) is 5.03 Å². The molecule has 2 N–H and O–H groups in total. The summed E-state index contributed by atoms with van der Waals surface area (Å²) in [7, 11) is -4.39. The lowest BCUT2D eigenvalue weighted by atomic mass is 9.98. The molecule has 8 nitrogen and oxygen atoms in total. The van der Waals surface area contributed by atoms with Crippen LogP contribution in [0.4, 0.5) is 29.2 Å². The molecule has 0 amide bonds. The van der Waals surface area contributed by atoms with Crippen molar-refractivity contribution in [1.82, 2.24) is 9.97 Å². The molecule has 1 aliphatic rings. The molecule has 1 saturated heterocycles. The summed E-state index contributed by atoms with van der Waals surface area (Å²) in [5.74, 6) is -2.46. The Morgan fingerprint density at radius 2 is 1.84 bits per heavy atom. The molecular weight excluding hydrogens is 516 g/mol. The average molecular weight is 539 g/mol. The van der Waals surface area contributed by atoms with E-state index in [1.165, 1.54) is 31.2 Å². The van der Waals surface area contributed by atoms with Crippen molar-refractivity contribution in [3.63, 3.8) is 0 Å². The number of nitrogens with one attached hydrogen (secondary N) is 1. The minimum Gasteiger partial charge on any atom is -0.481 e. The Balaban J connectivity index is 1.68. The standard InChI is InChI=1S/C24H22F4N4O4S/c1-14-16(6-2-7-18(14)25)22-17(24(26,27)28)10-11-19(29-22)31-37(35,36)21-9-3-8-20(30-21)32-12-4-5-15(13-32)23(33)34/h2-3,6-11,15H,4-5,12-13H2,1H3,(H,29,31)(H,33,34)/t15-/m1/s1. The normalized spacial score (nSPS) is 16.5. The first kappa shape index (κ1) is 26.3. The Bertz CT molecular complexity index is 1450. The Morgan fingerprint density at radius 3 is 2.54 bits per heavy atom. The molecule has 0 spiro atoms. The van der Waals surface area contributed by atoms with Gasteiger partial charge < -0.3 is 10.0 Å². The summed E-state index contributed by atoms with van der Waals surface area (Å²) in [6, 6.07) is 9.32. The van der Waals surface area contributed by atoms with Crippen LogP contribution in [0.5, 0.6) is 0 Å². The first-order valence-electron chi connectivity index (χ1n) is 11.2. The zero-order valence-corrected chi connectivity index (χ0v) is 20.3. The van der Waals surface area contributed by atoms with Gasteiger partial charge in [0.25, 0.3) is 10.0 Å². The maximum Gasteiger partial charge on any atom is 0.418 e. The summed E-state index contributed by atoms with van der Waals surface area (Å²) in [4.78, 5) is 21.1. The first-order valence-corrected chi connectivity index (χ1v) is 12.7. The molecule has 0 bridgehead atoms. The van der Waals surface area contributed by atoms with E-state index in [1.54, 1.807) is 11.0 Å². The zero-order valence-electron chi connectivity index (χ0n) is 19.5. The van der Waals surface area contributed by atoms with Gasteiger partial charge in [-0.3, -0.25) is 9.52 Å². The van der Waals surface area contributed by atoms with Crippen LogP contribution in [0.3, 0.4) is 0 Å². The molecule has 3 heterocycles. The van der Waals surface area contributed by atoms with Gasteiger partial charge in [-0.15, -0.1) is 0 Å². The molecule has 0 unspecified atom stereocenters. The number of aliphatic carboxylic acids is 1. The van der Waals surface area contributed by atoms with E-state index >= 15 is 0 Å². The minimum absolute atomic E-state index is 0.0731. The summed E-state index contributed by atoms with van der Waals surface area (Å²) in [5, 5.41) is 8.88. The predicted octanol–water partition coefficient (Wildman–Crippen LogP) is 4.71. The van der Waals surface area contributed by atoms with Gasteiger partial charge in [-0.2, -0.15) is 21.6 Å². The number of hydrogen-bond acceptors (Lipinski definition) is 6. The summed E-state index contributed by atoms with van der Waals surface area (Å²) >= 11 is 0. The maximum atomic E-state index is 14.1. The molecule has 3 aromatic rings. The number of sulfonamides is 1. The molecule has 196 valence electrons. The van der Waals surface area contributed by atoms with Crippen LogP contribution in [-0.2, 0) is 21.0 Å². The smallest absolute Gasteiger partial charge is 0.418 e. The molecule has 1 aromatic carbocycles. The van der Waals surface area contributed by atoms with Crippen LogP contribution in [0.15, 0.2) is 53.6 Å². The highest BCUT2D eigenvalue weighted by molar-refractivity contribution is 7.92. The second-order valence-electron chi connectivity index (χ2n) is 8.57. The van der Waals surface area contributed by atoms with Crippen molar-refractivity contribution in [3.05, 3.63) is 65.5 Å². The number of pyridine rings is 2. The van der Waals surface area contributed by atoms with Crippen LogP contribution >= 0.6 is 0 Å². The Hall–Kier alpha value is -3.74. The summed E-state index contributed by atoms with van der Waals surface area (Å²) in [6.07, 6.45) is -3.74. The van der Waals surface area contributed by atoms with Crippen LogP contribution in [-0.4, -0.2) is 42.6 Å². The highest BCUT2D eigenvalue weighted by Crippen LogP contribution is 2.38. The summed E-state index contributed by atoms with van der Waals surface area (Å²) in [6.45, 7) is 1.95. The van der Waals surface area contributed by atoms with Gasteiger partial charge in [0.05, 0.1) is 17.2 Å². The molecule has 1 aliphatic heterocycles. The van der Waals surface area contributed by atoms with Crippen LogP contribution in [0.2, 0.25) is 0 Å². The van der Waals surface area contributed by atoms with E-state index < -0.39 is 56.0 Å². The van der Waals surface area contributed by atoms with E-state index in [4.69, 9.17) is 0 Å². The molecule has 1 atom stereocenters. The van der Waals surface area contributed by atoms with Crippen molar-refractivity contribution in [3.8, 4) is 11.3 Å². The third kappa shape index (κ3) is 5.66. The number of aromatic nitrogens is 2. The number of carboxylic acids is 1. The van der Waals surface area contributed by atoms with Gasteiger partial charge in [0.2, 0.25) is 0 Å². The van der Waals surface area contributed by atoms with E-state index in [0.717, 1.165) is 12.1 Å². The number of rotatable bonds is 6. The van der Waals surface area contributed by atoms with E-state index in [1.807, 2.05) is 0 Å². The third-order valence-corrected chi connectivity index (χ3v) is 7.30. The predicted molar refractivity (Wildman–Crippen MR) is 127 cm³/mol.